The summed E-state index contributed by atoms with van der Waals surface area (Å²) in [5.41, 5.74) is 1.88. The fraction of sp³-hybridized carbons (Fsp3) is 0.188. The molecule has 4 nitrogen and oxygen atoms in total. The van der Waals surface area contributed by atoms with Crippen LogP contribution < -0.4 is 4.74 Å². The van der Waals surface area contributed by atoms with E-state index in [0.29, 0.717) is 17.9 Å². The average molecular weight is 272 g/mol. The van der Waals surface area contributed by atoms with Crippen molar-refractivity contribution in [3.05, 3.63) is 59.2 Å². The quantitative estimate of drug-likeness (QED) is 0.878. The number of aliphatic hydroxyl groups excluding tert-OH is 1. The molecular formula is C16H16O4. The Kier molecular flexibility index (Phi) is 4.38. The van der Waals surface area contributed by atoms with E-state index in [1.807, 2.05) is 25.1 Å². The van der Waals surface area contributed by atoms with Gasteiger partial charge in [0, 0.05) is 6.61 Å². The van der Waals surface area contributed by atoms with Crippen molar-refractivity contribution in [2.75, 3.05) is 6.61 Å². The number of rotatable bonds is 5. The summed E-state index contributed by atoms with van der Waals surface area (Å²) >= 11 is 0. The van der Waals surface area contributed by atoms with E-state index < -0.39 is 5.97 Å². The lowest BCUT2D eigenvalue weighted by atomic mass is 10.1. The van der Waals surface area contributed by atoms with Crippen LogP contribution in [0.2, 0.25) is 0 Å². The van der Waals surface area contributed by atoms with Gasteiger partial charge in [-0.1, -0.05) is 24.3 Å². The first-order chi connectivity index (χ1) is 9.61. The van der Waals surface area contributed by atoms with Crippen molar-refractivity contribution in [3.63, 3.8) is 0 Å². The molecule has 0 saturated carbocycles. The smallest absolute Gasteiger partial charge is 0.339 e. The molecule has 4 heteroatoms. The molecule has 0 fully saturated rings. The van der Waals surface area contributed by atoms with E-state index in [1.54, 1.807) is 18.2 Å². The van der Waals surface area contributed by atoms with E-state index in [9.17, 15) is 9.90 Å². The lowest BCUT2D eigenvalue weighted by Gasteiger charge is -2.13. The number of aromatic carboxylic acids is 1. The largest absolute Gasteiger partial charge is 0.478 e. The molecule has 0 heterocycles. The normalized spacial score (nSPS) is 10.3. The zero-order valence-corrected chi connectivity index (χ0v) is 11.2. The van der Waals surface area contributed by atoms with Crippen LogP contribution in [-0.2, 0) is 6.42 Å². The molecule has 0 aliphatic rings. The SMILES string of the molecule is Cc1ccc(C(=O)O)c(Oc2ccccc2CCO)c1. The van der Waals surface area contributed by atoms with E-state index in [2.05, 4.69) is 0 Å². The van der Waals surface area contributed by atoms with Crippen molar-refractivity contribution in [1.82, 2.24) is 0 Å². The standard InChI is InChI=1S/C16H16O4/c1-11-6-7-13(16(18)19)15(10-11)20-14-5-3-2-4-12(14)8-9-17/h2-7,10,17H,8-9H2,1H3,(H,18,19). The van der Waals surface area contributed by atoms with Gasteiger partial charge < -0.3 is 14.9 Å². The Bertz CT molecular complexity index is 620. The third-order valence-electron chi connectivity index (χ3n) is 2.94. The third kappa shape index (κ3) is 3.16. The summed E-state index contributed by atoms with van der Waals surface area (Å²) < 4.78 is 5.74. The van der Waals surface area contributed by atoms with Gasteiger partial charge in [-0.2, -0.15) is 0 Å². The lowest BCUT2D eigenvalue weighted by molar-refractivity contribution is 0.0694. The van der Waals surface area contributed by atoms with Gasteiger partial charge in [0.1, 0.15) is 17.1 Å². The van der Waals surface area contributed by atoms with Crippen molar-refractivity contribution in [1.29, 1.82) is 0 Å². The Balaban J connectivity index is 2.39. The Morgan fingerprint density at radius 2 is 1.90 bits per heavy atom. The second kappa shape index (κ2) is 6.21. The Labute approximate surface area is 117 Å². The van der Waals surface area contributed by atoms with E-state index in [0.717, 1.165) is 11.1 Å². The first-order valence-corrected chi connectivity index (χ1v) is 6.32. The minimum Gasteiger partial charge on any atom is -0.478 e. The molecule has 0 aliphatic carbocycles. The number of carboxylic acids is 1. The predicted octanol–water partition coefficient (Wildman–Crippen LogP) is 3.02. The maximum absolute atomic E-state index is 11.2. The number of hydrogen-bond acceptors (Lipinski definition) is 3. The first-order valence-electron chi connectivity index (χ1n) is 6.32. The highest BCUT2D eigenvalue weighted by molar-refractivity contribution is 5.91. The molecule has 0 unspecified atom stereocenters. The molecule has 20 heavy (non-hydrogen) atoms. The van der Waals surface area contributed by atoms with Gasteiger partial charge >= 0.3 is 5.97 Å². The van der Waals surface area contributed by atoms with E-state index in [-0.39, 0.29) is 12.2 Å². The molecule has 0 bridgehead atoms. The number of hydrogen-bond donors (Lipinski definition) is 2. The number of carboxylic acid groups (broad SMARTS) is 1. The van der Waals surface area contributed by atoms with Crippen LogP contribution in [0.25, 0.3) is 0 Å². The molecule has 0 aromatic heterocycles. The first kappa shape index (κ1) is 14.1. The summed E-state index contributed by atoms with van der Waals surface area (Å²) in [6.45, 7) is 1.89. The van der Waals surface area contributed by atoms with Crippen LogP contribution in [0.3, 0.4) is 0 Å². The summed E-state index contributed by atoms with van der Waals surface area (Å²) in [7, 11) is 0. The highest BCUT2D eigenvalue weighted by Crippen LogP contribution is 2.29. The maximum atomic E-state index is 11.2. The van der Waals surface area contributed by atoms with E-state index in [1.165, 1.54) is 6.07 Å². The summed E-state index contributed by atoms with van der Waals surface area (Å²) in [4.78, 5) is 11.2. The van der Waals surface area contributed by atoms with Crippen LogP contribution in [0.4, 0.5) is 0 Å². The topological polar surface area (TPSA) is 66.8 Å². The zero-order chi connectivity index (χ0) is 14.5. The molecule has 0 atom stereocenters. The number of ether oxygens (including phenoxy) is 1. The highest BCUT2D eigenvalue weighted by atomic mass is 16.5. The highest BCUT2D eigenvalue weighted by Gasteiger charge is 2.13. The van der Waals surface area contributed by atoms with Crippen molar-refractivity contribution in [2.24, 2.45) is 0 Å². The molecule has 0 aliphatic heterocycles. The number of benzene rings is 2. The van der Waals surface area contributed by atoms with Crippen LogP contribution >= 0.6 is 0 Å². The van der Waals surface area contributed by atoms with Gasteiger partial charge in [0.2, 0.25) is 0 Å². The van der Waals surface area contributed by atoms with Crippen LogP contribution in [-0.4, -0.2) is 22.8 Å². The third-order valence-corrected chi connectivity index (χ3v) is 2.94. The van der Waals surface area contributed by atoms with Gasteiger partial charge in [-0.15, -0.1) is 0 Å². The summed E-state index contributed by atoms with van der Waals surface area (Å²) in [5.74, 6) is -0.155. The molecule has 104 valence electrons. The lowest BCUT2D eigenvalue weighted by Crippen LogP contribution is -2.02. The number of aryl methyl sites for hydroxylation is 1. The van der Waals surface area contributed by atoms with Crippen molar-refractivity contribution in [3.8, 4) is 11.5 Å². The van der Waals surface area contributed by atoms with Crippen LogP contribution in [0.1, 0.15) is 21.5 Å². The number of carbonyl (C=O) groups is 1. The van der Waals surface area contributed by atoms with Gasteiger partial charge in [-0.25, -0.2) is 4.79 Å². The molecule has 2 N–H and O–H groups in total. The average Bonchev–Trinajstić information content (AvgIpc) is 2.41. The Morgan fingerprint density at radius 3 is 2.60 bits per heavy atom. The molecule has 0 spiro atoms. The van der Waals surface area contributed by atoms with Crippen molar-refractivity contribution in [2.45, 2.75) is 13.3 Å². The fourth-order valence-corrected chi connectivity index (χ4v) is 1.94. The summed E-state index contributed by atoms with van der Waals surface area (Å²) in [6.07, 6.45) is 0.463. The second-order valence-corrected chi connectivity index (χ2v) is 4.49. The van der Waals surface area contributed by atoms with Crippen molar-refractivity contribution < 1.29 is 19.7 Å². The molecular weight excluding hydrogens is 256 g/mol. The van der Waals surface area contributed by atoms with Gasteiger partial charge in [0.25, 0.3) is 0 Å². The monoisotopic (exact) mass is 272 g/mol. The molecule has 0 radical (unpaired) electrons. The fourth-order valence-electron chi connectivity index (χ4n) is 1.94. The predicted molar refractivity (Wildman–Crippen MR) is 75.4 cm³/mol. The van der Waals surface area contributed by atoms with Crippen LogP contribution in [0.15, 0.2) is 42.5 Å². The maximum Gasteiger partial charge on any atom is 0.339 e. The molecule has 0 saturated heterocycles. The Hall–Kier alpha value is -2.33. The Morgan fingerprint density at radius 1 is 1.15 bits per heavy atom. The van der Waals surface area contributed by atoms with Crippen LogP contribution in [0, 0.1) is 6.92 Å². The number of para-hydroxylation sites is 1. The molecule has 2 aromatic carbocycles. The van der Waals surface area contributed by atoms with Crippen LogP contribution in [0.5, 0.6) is 11.5 Å². The molecule has 0 amide bonds. The summed E-state index contributed by atoms with van der Waals surface area (Å²) in [6, 6.07) is 12.2. The minimum atomic E-state index is -1.03. The minimum absolute atomic E-state index is 0.0139. The van der Waals surface area contributed by atoms with E-state index >= 15 is 0 Å². The van der Waals surface area contributed by atoms with Gasteiger partial charge in [-0.3, -0.25) is 0 Å². The molecule has 2 rings (SSSR count). The van der Waals surface area contributed by atoms with Gasteiger partial charge in [0.05, 0.1) is 0 Å². The second-order valence-electron chi connectivity index (χ2n) is 4.49. The number of aliphatic hydroxyl groups is 1. The zero-order valence-electron chi connectivity index (χ0n) is 11.2. The summed E-state index contributed by atoms with van der Waals surface area (Å²) in [5, 5.41) is 18.2. The molecule has 2 aromatic rings. The van der Waals surface area contributed by atoms with Gasteiger partial charge in [-0.05, 0) is 42.7 Å². The van der Waals surface area contributed by atoms with Crippen molar-refractivity contribution >= 4 is 5.97 Å². The van der Waals surface area contributed by atoms with E-state index in [4.69, 9.17) is 9.84 Å². The van der Waals surface area contributed by atoms with Gasteiger partial charge in [0.15, 0.2) is 0 Å².